The van der Waals surface area contributed by atoms with Crippen LogP contribution in [-0.4, -0.2) is 33.5 Å². The topological polar surface area (TPSA) is 118 Å². The monoisotopic (exact) mass is 231 g/mol. The summed E-state index contributed by atoms with van der Waals surface area (Å²) >= 11 is 0. The van der Waals surface area contributed by atoms with Gasteiger partial charge in [0, 0.05) is 0 Å². The quantitative estimate of drug-likeness (QED) is 0.316. The molecule has 0 aromatic heterocycles. The number of carbonyl (C=O) groups is 3. The van der Waals surface area contributed by atoms with Crippen LogP contribution in [0, 0.1) is 0 Å². The van der Waals surface area contributed by atoms with E-state index in [9.17, 15) is 14.4 Å². The second-order valence-electron chi connectivity index (χ2n) is 3.72. The normalized spacial score (nSPS) is 14.1. The summed E-state index contributed by atoms with van der Waals surface area (Å²) in [7, 11) is 0. The van der Waals surface area contributed by atoms with E-state index in [1.807, 2.05) is 6.92 Å². The summed E-state index contributed by atoms with van der Waals surface area (Å²) in [5, 5.41) is 17.3. The first-order valence-electron chi connectivity index (χ1n) is 5.16. The third-order valence-electron chi connectivity index (χ3n) is 2.41. The van der Waals surface area contributed by atoms with Gasteiger partial charge in [0.05, 0.1) is 0 Å². The maximum absolute atomic E-state index is 11.2. The highest BCUT2D eigenvalue weighted by atomic mass is 16.4. The zero-order valence-corrected chi connectivity index (χ0v) is 9.23. The van der Waals surface area contributed by atoms with Crippen LogP contribution in [0.4, 0.5) is 0 Å². The molecule has 1 atom stereocenters. The third kappa shape index (κ3) is 3.62. The van der Waals surface area contributed by atoms with Gasteiger partial charge in [-0.1, -0.05) is 32.6 Å². The van der Waals surface area contributed by atoms with Gasteiger partial charge in [-0.2, -0.15) is 0 Å². The Balaban J connectivity index is 4.53. The largest absolute Gasteiger partial charge is 0.480 e. The van der Waals surface area contributed by atoms with E-state index in [0.717, 1.165) is 19.3 Å². The molecular weight excluding hydrogens is 214 g/mol. The van der Waals surface area contributed by atoms with Crippen molar-refractivity contribution in [2.75, 3.05) is 0 Å². The molecule has 0 aliphatic rings. The predicted molar refractivity (Wildman–Crippen MR) is 56.0 cm³/mol. The van der Waals surface area contributed by atoms with Crippen LogP contribution in [0.2, 0.25) is 0 Å². The van der Waals surface area contributed by atoms with Gasteiger partial charge < -0.3 is 15.9 Å². The van der Waals surface area contributed by atoms with Gasteiger partial charge in [-0.25, -0.2) is 9.59 Å². The van der Waals surface area contributed by atoms with Crippen molar-refractivity contribution in [3.8, 4) is 0 Å². The lowest BCUT2D eigenvalue weighted by Crippen LogP contribution is -2.57. The second kappa shape index (κ2) is 6.22. The van der Waals surface area contributed by atoms with E-state index in [0.29, 0.717) is 6.42 Å². The van der Waals surface area contributed by atoms with E-state index in [2.05, 4.69) is 0 Å². The number of unbranched alkanes of at least 4 members (excludes halogenated alkanes) is 3. The third-order valence-corrected chi connectivity index (χ3v) is 2.41. The molecule has 16 heavy (non-hydrogen) atoms. The van der Waals surface area contributed by atoms with E-state index >= 15 is 0 Å². The Morgan fingerprint density at radius 2 is 1.69 bits per heavy atom. The van der Waals surface area contributed by atoms with Crippen molar-refractivity contribution in [3.05, 3.63) is 0 Å². The first kappa shape index (κ1) is 14.6. The van der Waals surface area contributed by atoms with Gasteiger partial charge in [-0.3, -0.25) is 4.79 Å². The van der Waals surface area contributed by atoms with Crippen molar-refractivity contribution < 1.29 is 24.6 Å². The Hall–Kier alpha value is -1.43. The Bertz CT molecular complexity index is 289. The number of ketones is 1. The SMILES string of the molecule is CCCCCCC(N)(C(=O)O)C(=O)C(=O)O. The van der Waals surface area contributed by atoms with E-state index < -0.39 is 23.3 Å². The fraction of sp³-hybridized carbons (Fsp3) is 0.700. The molecule has 4 N–H and O–H groups in total. The molecule has 0 bridgehead atoms. The molecule has 6 nitrogen and oxygen atoms in total. The van der Waals surface area contributed by atoms with Crippen LogP contribution in [-0.2, 0) is 14.4 Å². The molecule has 0 saturated carbocycles. The summed E-state index contributed by atoms with van der Waals surface area (Å²) in [6.07, 6.45) is 2.87. The smallest absolute Gasteiger partial charge is 0.374 e. The molecule has 0 aliphatic heterocycles. The van der Waals surface area contributed by atoms with Gasteiger partial charge in [0.1, 0.15) is 0 Å². The Morgan fingerprint density at radius 3 is 2.06 bits per heavy atom. The second-order valence-corrected chi connectivity index (χ2v) is 3.72. The van der Waals surface area contributed by atoms with Gasteiger partial charge in [-0.15, -0.1) is 0 Å². The maximum atomic E-state index is 11.2. The number of aliphatic carboxylic acids is 2. The molecule has 0 rings (SSSR count). The maximum Gasteiger partial charge on any atom is 0.374 e. The highest BCUT2D eigenvalue weighted by Crippen LogP contribution is 2.15. The minimum atomic E-state index is -2.29. The number of carbonyl (C=O) groups excluding carboxylic acids is 1. The number of Topliss-reactive ketones (excluding diaryl/α,β-unsaturated/α-hetero) is 1. The predicted octanol–water partition coefficient (Wildman–Crippen LogP) is 0.393. The first-order chi connectivity index (χ1) is 7.36. The minimum absolute atomic E-state index is 0.145. The van der Waals surface area contributed by atoms with E-state index in [4.69, 9.17) is 15.9 Å². The lowest BCUT2D eigenvalue weighted by atomic mass is 9.88. The Morgan fingerprint density at radius 1 is 1.12 bits per heavy atom. The molecule has 0 amide bonds. The zero-order valence-electron chi connectivity index (χ0n) is 9.23. The summed E-state index contributed by atoms with van der Waals surface area (Å²) in [5.41, 5.74) is 3.05. The van der Waals surface area contributed by atoms with Crippen molar-refractivity contribution in [2.45, 2.75) is 44.6 Å². The fourth-order valence-electron chi connectivity index (χ4n) is 1.34. The molecule has 0 aromatic rings. The van der Waals surface area contributed by atoms with Crippen LogP contribution < -0.4 is 5.73 Å². The van der Waals surface area contributed by atoms with Crippen LogP contribution in [0.25, 0.3) is 0 Å². The van der Waals surface area contributed by atoms with Crippen molar-refractivity contribution >= 4 is 17.7 Å². The number of hydrogen-bond acceptors (Lipinski definition) is 4. The van der Waals surface area contributed by atoms with Gasteiger partial charge in [0.2, 0.25) is 0 Å². The van der Waals surface area contributed by atoms with Gasteiger partial charge >= 0.3 is 11.9 Å². The molecule has 0 saturated heterocycles. The zero-order chi connectivity index (χ0) is 12.8. The standard InChI is InChI=1S/C10H17NO5/c1-2-3-4-5-6-10(11,9(15)16)7(12)8(13)14/h2-6,11H2,1H3,(H,13,14)(H,15,16). The number of hydrogen-bond donors (Lipinski definition) is 3. The lowest BCUT2D eigenvalue weighted by Gasteiger charge is -2.20. The van der Waals surface area contributed by atoms with Crippen molar-refractivity contribution in [2.24, 2.45) is 5.73 Å². The molecule has 0 radical (unpaired) electrons. The summed E-state index contributed by atoms with van der Waals surface area (Å²) in [6, 6.07) is 0. The van der Waals surface area contributed by atoms with Gasteiger partial charge in [0.25, 0.3) is 5.78 Å². The van der Waals surface area contributed by atoms with E-state index in [1.54, 1.807) is 0 Å². The molecule has 0 heterocycles. The molecule has 0 aliphatic carbocycles. The van der Waals surface area contributed by atoms with Gasteiger partial charge in [-0.05, 0) is 6.42 Å². The molecule has 0 fully saturated rings. The highest BCUT2D eigenvalue weighted by Gasteiger charge is 2.45. The summed E-state index contributed by atoms with van der Waals surface area (Å²) in [4.78, 5) is 32.4. The van der Waals surface area contributed by atoms with Gasteiger partial charge in [0.15, 0.2) is 5.54 Å². The molecular formula is C10H17NO5. The molecule has 92 valence electrons. The summed E-state index contributed by atoms with van der Waals surface area (Å²) in [5.74, 6) is -4.85. The Kier molecular flexibility index (Phi) is 5.66. The fourth-order valence-corrected chi connectivity index (χ4v) is 1.34. The van der Waals surface area contributed by atoms with Crippen molar-refractivity contribution in [3.63, 3.8) is 0 Å². The number of carboxylic acids is 2. The number of rotatable bonds is 8. The number of carboxylic acid groups (broad SMARTS) is 2. The van der Waals surface area contributed by atoms with Crippen LogP contribution in [0.3, 0.4) is 0 Å². The highest BCUT2D eigenvalue weighted by molar-refractivity contribution is 6.41. The first-order valence-corrected chi connectivity index (χ1v) is 5.16. The average Bonchev–Trinajstić information content (AvgIpc) is 2.22. The number of nitrogens with two attached hydrogens (primary N) is 1. The average molecular weight is 231 g/mol. The van der Waals surface area contributed by atoms with Crippen LogP contribution >= 0.6 is 0 Å². The summed E-state index contributed by atoms with van der Waals surface area (Å²) in [6.45, 7) is 1.98. The van der Waals surface area contributed by atoms with Crippen molar-refractivity contribution in [1.82, 2.24) is 0 Å². The summed E-state index contributed by atoms with van der Waals surface area (Å²) < 4.78 is 0. The minimum Gasteiger partial charge on any atom is -0.480 e. The van der Waals surface area contributed by atoms with Crippen LogP contribution in [0.5, 0.6) is 0 Å². The van der Waals surface area contributed by atoms with Crippen LogP contribution in [0.1, 0.15) is 39.0 Å². The van der Waals surface area contributed by atoms with Crippen LogP contribution in [0.15, 0.2) is 0 Å². The Labute approximate surface area is 93.4 Å². The van der Waals surface area contributed by atoms with E-state index in [-0.39, 0.29) is 6.42 Å². The lowest BCUT2D eigenvalue weighted by molar-refractivity contribution is -0.158. The molecule has 6 heteroatoms. The van der Waals surface area contributed by atoms with E-state index in [1.165, 1.54) is 0 Å². The van der Waals surface area contributed by atoms with Crippen molar-refractivity contribution in [1.29, 1.82) is 0 Å². The molecule has 0 spiro atoms. The molecule has 1 unspecified atom stereocenters. The molecule has 0 aromatic carbocycles.